The zero-order chi connectivity index (χ0) is 36.9. The van der Waals surface area contributed by atoms with Crippen molar-refractivity contribution in [3.05, 3.63) is 130 Å². The predicted octanol–water partition coefficient (Wildman–Crippen LogP) is 3.56. The fourth-order valence-corrected chi connectivity index (χ4v) is 6.71. The van der Waals surface area contributed by atoms with E-state index in [4.69, 9.17) is 13.9 Å². The third-order valence-electron chi connectivity index (χ3n) is 9.54. The van der Waals surface area contributed by atoms with E-state index in [0.29, 0.717) is 40.1 Å². The van der Waals surface area contributed by atoms with Crippen LogP contribution in [0.15, 0.2) is 106 Å². The quantitative estimate of drug-likeness (QED) is 0.154. The summed E-state index contributed by atoms with van der Waals surface area (Å²) in [7, 11) is 0. The first-order valence-corrected chi connectivity index (χ1v) is 17.5. The van der Waals surface area contributed by atoms with Crippen LogP contribution in [0.2, 0.25) is 0 Å². The maximum atomic E-state index is 13.9. The fraction of sp³-hybridized carbons (Fsp3) is 0.275. The van der Waals surface area contributed by atoms with E-state index < -0.39 is 35.6 Å². The minimum atomic E-state index is -1.21. The van der Waals surface area contributed by atoms with E-state index in [0.717, 1.165) is 16.0 Å². The molecule has 0 aliphatic carbocycles. The predicted molar refractivity (Wildman–Crippen MR) is 192 cm³/mol. The number of fused-ring (bicyclic) bond motifs is 3. The Hall–Kier alpha value is -6.21. The number of aliphatic hydroxyl groups excluding tert-OH is 1. The molecule has 13 nitrogen and oxygen atoms in total. The topological polar surface area (TPSA) is 161 Å². The lowest BCUT2D eigenvalue weighted by Crippen LogP contribution is -2.51. The van der Waals surface area contributed by atoms with Crippen LogP contribution in [0.25, 0.3) is 11.1 Å². The Morgan fingerprint density at radius 2 is 1.49 bits per heavy atom. The van der Waals surface area contributed by atoms with Gasteiger partial charge in [-0.2, -0.15) is 0 Å². The van der Waals surface area contributed by atoms with E-state index in [2.05, 4.69) is 5.32 Å². The third kappa shape index (κ3) is 7.85. The molecule has 2 aliphatic heterocycles. The average Bonchev–Trinajstić information content (AvgIpc) is 3.84. The highest BCUT2D eigenvalue weighted by Crippen LogP contribution is 2.32. The van der Waals surface area contributed by atoms with Gasteiger partial charge in [0.05, 0.1) is 28.8 Å². The van der Waals surface area contributed by atoms with Crippen molar-refractivity contribution in [2.24, 2.45) is 0 Å². The standard InChI is InChI=1S/C40H38N4O9/c45-32(30(22-26-8-2-1-3-9-26)41-36(46)17-20-43-31-12-6-7-13-33(31)53-40(43)50)24-42(19-16-27-14-15-34-35(23-27)52-25-51-34)37(47)18-21-44-38(48)28-10-4-5-11-29(28)39(44)49/h1-15,23,30,32,45H,16-22,24-25H2,(H,41,46). The van der Waals surface area contributed by atoms with Gasteiger partial charge in [-0.15, -0.1) is 0 Å². The Labute approximate surface area is 304 Å². The lowest BCUT2D eigenvalue weighted by Gasteiger charge is -2.31. The zero-order valence-corrected chi connectivity index (χ0v) is 28.8. The van der Waals surface area contributed by atoms with Crippen molar-refractivity contribution in [2.45, 2.75) is 44.4 Å². The van der Waals surface area contributed by atoms with Gasteiger partial charge < -0.3 is 29.2 Å². The number of ether oxygens (including phenoxy) is 2. The number of nitrogens with one attached hydrogen (secondary N) is 1. The average molecular weight is 719 g/mol. The fourth-order valence-electron chi connectivity index (χ4n) is 6.71. The summed E-state index contributed by atoms with van der Waals surface area (Å²) in [5, 5.41) is 14.7. The maximum Gasteiger partial charge on any atom is 0.419 e. The maximum absolute atomic E-state index is 13.9. The highest BCUT2D eigenvalue weighted by atomic mass is 16.7. The van der Waals surface area contributed by atoms with Gasteiger partial charge in [0, 0.05) is 39.0 Å². The van der Waals surface area contributed by atoms with Gasteiger partial charge in [0.25, 0.3) is 11.8 Å². The first-order chi connectivity index (χ1) is 25.7. The minimum absolute atomic E-state index is 0.0610. The molecule has 2 unspecified atom stereocenters. The van der Waals surface area contributed by atoms with Crippen molar-refractivity contribution in [2.75, 3.05) is 26.4 Å². The minimum Gasteiger partial charge on any atom is -0.454 e. The van der Waals surface area contributed by atoms with Crippen LogP contribution in [0.5, 0.6) is 11.5 Å². The monoisotopic (exact) mass is 718 g/mol. The van der Waals surface area contributed by atoms with Gasteiger partial charge in [-0.05, 0) is 60.4 Å². The molecule has 13 heteroatoms. The van der Waals surface area contributed by atoms with Crippen LogP contribution in [0.3, 0.4) is 0 Å². The Kier molecular flexibility index (Phi) is 10.3. The number of rotatable bonds is 15. The number of aromatic nitrogens is 1. The van der Waals surface area contributed by atoms with E-state index in [-0.39, 0.29) is 58.1 Å². The molecule has 0 fully saturated rings. The molecular weight excluding hydrogens is 680 g/mol. The van der Waals surface area contributed by atoms with Gasteiger partial charge in [-0.3, -0.25) is 28.6 Å². The van der Waals surface area contributed by atoms with E-state index in [9.17, 15) is 29.1 Å². The highest BCUT2D eigenvalue weighted by molar-refractivity contribution is 6.21. The molecule has 53 heavy (non-hydrogen) atoms. The molecule has 0 radical (unpaired) electrons. The van der Waals surface area contributed by atoms with Crippen molar-refractivity contribution >= 4 is 34.7 Å². The van der Waals surface area contributed by atoms with E-state index in [1.54, 1.807) is 54.6 Å². The lowest BCUT2D eigenvalue weighted by molar-refractivity contribution is -0.133. The number of carbonyl (C=O) groups excluding carboxylic acids is 4. The van der Waals surface area contributed by atoms with Crippen LogP contribution in [0.4, 0.5) is 0 Å². The first kappa shape index (κ1) is 35.2. The van der Waals surface area contributed by atoms with Gasteiger partial charge >= 0.3 is 5.76 Å². The summed E-state index contributed by atoms with van der Waals surface area (Å²) in [6.07, 6.45) is -0.763. The molecule has 2 aliphatic rings. The van der Waals surface area contributed by atoms with Crippen LogP contribution >= 0.6 is 0 Å². The van der Waals surface area contributed by atoms with Gasteiger partial charge in [0.1, 0.15) is 0 Å². The molecule has 3 heterocycles. The Bertz CT molecular complexity index is 2180. The molecule has 5 aromatic rings. The molecule has 2 atom stereocenters. The number of aliphatic hydroxyl groups is 1. The van der Waals surface area contributed by atoms with Gasteiger partial charge in [0.2, 0.25) is 18.6 Å². The van der Waals surface area contributed by atoms with Crippen LogP contribution in [0, 0.1) is 0 Å². The first-order valence-electron chi connectivity index (χ1n) is 17.5. The van der Waals surface area contributed by atoms with E-state index in [1.165, 1.54) is 9.47 Å². The number of oxazole rings is 1. The molecule has 2 N–H and O–H groups in total. The van der Waals surface area contributed by atoms with Crippen molar-refractivity contribution in [1.82, 2.24) is 19.7 Å². The molecule has 4 aromatic carbocycles. The zero-order valence-electron chi connectivity index (χ0n) is 28.8. The summed E-state index contributed by atoms with van der Waals surface area (Å²) in [4.78, 5) is 68.3. The number of hydrogen-bond donors (Lipinski definition) is 2. The summed E-state index contributed by atoms with van der Waals surface area (Å²) in [5.41, 5.74) is 3.32. The van der Waals surface area contributed by atoms with Crippen molar-refractivity contribution in [1.29, 1.82) is 0 Å². The van der Waals surface area contributed by atoms with Crippen molar-refractivity contribution < 1.29 is 38.2 Å². The Balaban J connectivity index is 1.07. The number of para-hydroxylation sites is 2. The van der Waals surface area contributed by atoms with Crippen LogP contribution in [-0.2, 0) is 29.0 Å². The van der Waals surface area contributed by atoms with E-state index >= 15 is 0 Å². The number of hydrogen-bond acceptors (Lipinski definition) is 9. The number of amides is 4. The number of aryl methyl sites for hydroxylation is 1. The van der Waals surface area contributed by atoms with E-state index in [1.807, 2.05) is 42.5 Å². The molecule has 0 bridgehead atoms. The number of carbonyl (C=O) groups is 4. The number of imide groups is 1. The van der Waals surface area contributed by atoms with Crippen LogP contribution in [0.1, 0.15) is 44.7 Å². The molecule has 272 valence electrons. The van der Waals surface area contributed by atoms with Crippen LogP contribution < -0.4 is 20.5 Å². The second-order valence-corrected chi connectivity index (χ2v) is 13.0. The SMILES string of the molecule is O=C(CCn1c(=O)oc2ccccc21)NC(Cc1ccccc1)C(O)CN(CCc1ccc2c(c1)OCO2)C(=O)CCN1C(=O)c2ccccc2C1=O. The van der Waals surface area contributed by atoms with Crippen molar-refractivity contribution in [3.63, 3.8) is 0 Å². The summed E-state index contributed by atoms with van der Waals surface area (Å²) in [6, 6.07) is 27.5. The molecule has 7 rings (SSSR count). The summed E-state index contributed by atoms with van der Waals surface area (Å²) < 4.78 is 17.6. The van der Waals surface area contributed by atoms with Crippen LogP contribution in [-0.4, -0.2) is 81.7 Å². The highest BCUT2D eigenvalue weighted by Gasteiger charge is 2.36. The second-order valence-electron chi connectivity index (χ2n) is 13.0. The lowest BCUT2D eigenvalue weighted by atomic mass is 10.00. The second kappa shape index (κ2) is 15.6. The smallest absolute Gasteiger partial charge is 0.419 e. The van der Waals surface area contributed by atoms with Crippen molar-refractivity contribution in [3.8, 4) is 11.5 Å². The number of nitrogens with zero attached hydrogens (tertiary/aromatic N) is 3. The van der Waals surface area contributed by atoms with Gasteiger partial charge in [0.15, 0.2) is 17.1 Å². The largest absolute Gasteiger partial charge is 0.454 e. The Morgan fingerprint density at radius 1 is 0.792 bits per heavy atom. The molecule has 0 saturated carbocycles. The summed E-state index contributed by atoms with van der Waals surface area (Å²) >= 11 is 0. The summed E-state index contributed by atoms with van der Waals surface area (Å²) in [6.45, 7) is 0.106. The third-order valence-corrected chi connectivity index (χ3v) is 9.54. The molecule has 0 spiro atoms. The molecule has 0 saturated heterocycles. The Morgan fingerprint density at radius 3 is 2.26 bits per heavy atom. The number of benzene rings is 4. The molecule has 4 amide bonds. The van der Waals surface area contributed by atoms with Gasteiger partial charge in [-0.1, -0.05) is 60.7 Å². The van der Waals surface area contributed by atoms with Gasteiger partial charge in [-0.25, -0.2) is 4.79 Å². The molecular formula is C40H38N4O9. The summed E-state index contributed by atoms with van der Waals surface area (Å²) in [5.74, 6) is -1.03. The molecule has 1 aromatic heterocycles. The normalized spacial score (nSPS) is 14.3.